The van der Waals surface area contributed by atoms with E-state index in [1.165, 1.54) is 0 Å². The van der Waals surface area contributed by atoms with Crippen LogP contribution in [0.5, 0.6) is 0 Å². The maximum absolute atomic E-state index is 12.0. The third-order valence-corrected chi connectivity index (χ3v) is 3.57. The normalized spacial score (nSPS) is 19.7. The highest BCUT2D eigenvalue weighted by Crippen LogP contribution is 2.11. The lowest BCUT2D eigenvalue weighted by Gasteiger charge is -2.33. The van der Waals surface area contributed by atoms with Crippen molar-refractivity contribution in [2.75, 3.05) is 47.5 Å². The van der Waals surface area contributed by atoms with Crippen LogP contribution in [0, 0.1) is 0 Å². The molecule has 2 heterocycles. The summed E-state index contributed by atoms with van der Waals surface area (Å²) in [5.41, 5.74) is 0. The van der Waals surface area contributed by atoms with Crippen LogP contribution in [0.2, 0.25) is 0 Å². The van der Waals surface area contributed by atoms with Gasteiger partial charge < -0.3 is 18.9 Å². The SMILES string of the molecule is COCCn1ccnc1CN1CCOC(C(=O)N(C)C)C1. The van der Waals surface area contributed by atoms with Gasteiger partial charge in [-0.1, -0.05) is 0 Å². The molecule has 0 bridgehead atoms. The molecule has 1 amide bonds. The molecule has 21 heavy (non-hydrogen) atoms. The number of ether oxygens (including phenoxy) is 2. The number of methoxy groups -OCH3 is 1. The number of aromatic nitrogens is 2. The number of likely N-dealkylation sites (N-methyl/N-ethyl adjacent to an activating group) is 1. The highest BCUT2D eigenvalue weighted by Gasteiger charge is 2.28. The molecule has 0 spiro atoms. The highest BCUT2D eigenvalue weighted by atomic mass is 16.5. The Balaban J connectivity index is 1.93. The van der Waals surface area contributed by atoms with Gasteiger partial charge in [-0.15, -0.1) is 0 Å². The summed E-state index contributed by atoms with van der Waals surface area (Å²) in [6.07, 6.45) is 3.38. The van der Waals surface area contributed by atoms with Gasteiger partial charge in [0.05, 0.1) is 19.8 Å². The summed E-state index contributed by atoms with van der Waals surface area (Å²) in [6, 6.07) is 0. The van der Waals surface area contributed by atoms with Gasteiger partial charge in [-0.3, -0.25) is 9.69 Å². The number of hydrogen-bond donors (Lipinski definition) is 0. The fraction of sp³-hybridized carbons (Fsp3) is 0.714. The minimum Gasteiger partial charge on any atom is -0.383 e. The lowest BCUT2D eigenvalue weighted by Crippen LogP contribution is -2.49. The molecule has 0 aliphatic carbocycles. The van der Waals surface area contributed by atoms with E-state index in [9.17, 15) is 4.79 Å². The summed E-state index contributed by atoms with van der Waals surface area (Å²) in [5, 5.41) is 0. The first-order chi connectivity index (χ1) is 10.1. The summed E-state index contributed by atoms with van der Waals surface area (Å²) in [4.78, 5) is 20.2. The second-order valence-corrected chi connectivity index (χ2v) is 5.36. The average Bonchev–Trinajstić information content (AvgIpc) is 2.91. The Labute approximate surface area is 125 Å². The van der Waals surface area contributed by atoms with Crippen LogP contribution in [0.1, 0.15) is 5.82 Å². The molecule has 118 valence electrons. The predicted octanol–water partition coefficient (Wildman–Crippen LogP) is -0.181. The van der Waals surface area contributed by atoms with Gasteiger partial charge in [0.2, 0.25) is 0 Å². The summed E-state index contributed by atoms with van der Waals surface area (Å²) < 4.78 is 12.8. The molecule has 1 saturated heterocycles. The minimum absolute atomic E-state index is 0.0161. The van der Waals surface area contributed by atoms with E-state index >= 15 is 0 Å². The van der Waals surface area contributed by atoms with E-state index in [4.69, 9.17) is 9.47 Å². The van der Waals surface area contributed by atoms with Gasteiger partial charge in [0, 0.05) is 53.2 Å². The molecule has 1 aliphatic heterocycles. The van der Waals surface area contributed by atoms with Gasteiger partial charge in [-0.25, -0.2) is 4.98 Å². The molecule has 0 aromatic carbocycles. The lowest BCUT2D eigenvalue weighted by atomic mass is 10.2. The molecule has 1 unspecified atom stereocenters. The molecular formula is C14H24N4O3. The third-order valence-electron chi connectivity index (χ3n) is 3.57. The minimum atomic E-state index is -0.379. The molecule has 1 atom stereocenters. The van der Waals surface area contributed by atoms with Gasteiger partial charge in [0.1, 0.15) is 11.9 Å². The first kappa shape index (κ1) is 15.9. The van der Waals surface area contributed by atoms with Crippen molar-refractivity contribution in [3.05, 3.63) is 18.2 Å². The van der Waals surface area contributed by atoms with Crippen LogP contribution in [0.3, 0.4) is 0 Å². The van der Waals surface area contributed by atoms with E-state index in [-0.39, 0.29) is 12.0 Å². The van der Waals surface area contributed by atoms with E-state index in [1.807, 2.05) is 6.20 Å². The van der Waals surface area contributed by atoms with E-state index in [2.05, 4.69) is 14.5 Å². The Kier molecular flexibility index (Phi) is 5.72. The van der Waals surface area contributed by atoms with Crippen LogP contribution in [-0.4, -0.2) is 78.9 Å². The number of nitrogens with zero attached hydrogens (tertiary/aromatic N) is 4. The van der Waals surface area contributed by atoms with Crippen molar-refractivity contribution < 1.29 is 14.3 Å². The van der Waals surface area contributed by atoms with Gasteiger partial charge in [0.15, 0.2) is 0 Å². The van der Waals surface area contributed by atoms with E-state index in [0.717, 1.165) is 25.5 Å². The number of imidazole rings is 1. The van der Waals surface area contributed by atoms with Crippen molar-refractivity contribution >= 4 is 5.91 Å². The molecule has 0 radical (unpaired) electrons. The van der Waals surface area contributed by atoms with Gasteiger partial charge >= 0.3 is 0 Å². The molecule has 1 aliphatic rings. The maximum Gasteiger partial charge on any atom is 0.252 e. The van der Waals surface area contributed by atoms with Crippen molar-refractivity contribution in [1.82, 2.24) is 19.4 Å². The average molecular weight is 296 g/mol. The first-order valence-electron chi connectivity index (χ1n) is 7.16. The molecule has 0 N–H and O–H groups in total. The number of morpholine rings is 1. The molecule has 7 nitrogen and oxygen atoms in total. The summed E-state index contributed by atoms with van der Waals surface area (Å²) in [7, 11) is 5.19. The predicted molar refractivity (Wildman–Crippen MR) is 77.8 cm³/mol. The molecule has 1 fully saturated rings. The van der Waals surface area contributed by atoms with E-state index in [0.29, 0.717) is 19.8 Å². The Hall–Kier alpha value is -1.44. The molecule has 7 heteroatoms. The number of rotatable bonds is 6. The van der Waals surface area contributed by atoms with Crippen molar-refractivity contribution in [2.45, 2.75) is 19.2 Å². The Bertz CT molecular complexity index is 461. The molecule has 2 rings (SSSR count). The standard InChI is InChI=1S/C14H24N4O3/c1-16(2)14(19)12-10-17(6-9-21-12)11-13-15-4-5-18(13)7-8-20-3/h4-5,12H,6-11H2,1-3H3. The Morgan fingerprint density at radius 2 is 2.38 bits per heavy atom. The second kappa shape index (κ2) is 7.53. The largest absolute Gasteiger partial charge is 0.383 e. The fourth-order valence-electron chi connectivity index (χ4n) is 2.37. The van der Waals surface area contributed by atoms with E-state index < -0.39 is 0 Å². The monoisotopic (exact) mass is 296 g/mol. The molecular weight excluding hydrogens is 272 g/mol. The number of hydrogen-bond acceptors (Lipinski definition) is 5. The van der Waals surface area contributed by atoms with Gasteiger partial charge in [0.25, 0.3) is 5.91 Å². The topological polar surface area (TPSA) is 59.8 Å². The fourth-order valence-corrected chi connectivity index (χ4v) is 2.37. The van der Waals surface area contributed by atoms with Crippen molar-refractivity contribution in [3.63, 3.8) is 0 Å². The van der Waals surface area contributed by atoms with Gasteiger partial charge in [-0.05, 0) is 0 Å². The zero-order valence-corrected chi connectivity index (χ0v) is 13.0. The summed E-state index contributed by atoms with van der Waals surface area (Å²) in [5.74, 6) is 1.01. The molecule has 1 aromatic heterocycles. The Morgan fingerprint density at radius 1 is 1.57 bits per heavy atom. The zero-order valence-electron chi connectivity index (χ0n) is 13.0. The Morgan fingerprint density at radius 3 is 3.10 bits per heavy atom. The van der Waals surface area contributed by atoms with Crippen LogP contribution in [0.15, 0.2) is 12.4 Å². The highest BCUT2D eigenvalue weighted by molar-refractivity contribution is 5.80. The number of carbonyl (C=O) groups excluding carboxylic acids is 1. The van der Waals surface area contributed by atoms with Crippen LogP contribution < -0.4 is 0 Å². The van der Waals surface area contributed by atoms with Gasteiger partial charge in [-0.2, -0.15) is 0 Å². The van der Waals surface area contributed by atoms with E-state index in [1.54, 1.807) is 32.3 Å². The van der Waals surface area contributed by atoms with Crippen LogP contribution in [0.25, 0.3) is 0 Å². The van der Waals surface area contributed by atoms with Crippen LogP contribution >= 0.6 is 0 Å². The van der Waals surface area contributed by atoms with Crippen LogP contribution in [-0.2, 0) is 27.4 Å². The summed E-state index contributed by atoms with van der Waals surface area (Å²) >= 11 is 0. The third kappa shape index (κ3) is 4.26. The number of amides is 1. The van der Waals surface area contributed by atoms with Crippen LogP contribution in [0.4, 0.5) is 0 Å². The number of carbonyl (C=O) groups is 1. The first-order valence-corrected chi connectivity index (χ1v) is 7.16. The molecule has 1 aromatic rings. The smallest absolute Gasteiger partial charge is 0.252 e. The quantitative estimate of drug-likeness (QED) is 0.729. The van der Waals surface area contributed by atoms with Crippen molar-refractivity contribution in [2.24, 2.45) is 0 Å². The summed E-state index contributed by atoms with van der Waals surface area (Å²) in [6.45, 7) is 4.16. The lowest BCUT2D eigenvalue weighted by molar-refractivity contribution is -0.147. The second-order valence-electron chi connectivity index (χ2n) is 5.36. The van der Waals surface area contributed by atoms with Crippen molar-refractivity contribution in [3.8, 4) is 0 Å². The maximum atomic E-state index is 12.0. The van der Waals surface area contributed by atoms with Crippen molar-refractivity contribution in [1.29, 1.82) is 0 Å². The molecule has 0 saturated carbocycles. The zero-order chi connectivity index (χ0) is 15.2.